The molecule has 2 rings (SSSR count). The highest BCUT2D eigenvalue weighted by molar-refractivity contribution is 8.77. The van der Waals surface area contributed by atoms with Gasteiger partial charge in [-0.2, -0.15) is 0 Å². The van der Waals surface area contributed by atoms with Gasteiger partial charge in [0.05, 0.1) is 13.2 Å². The van der Waals surface area contributed by atoms with Crippen molar-refractivity contribution in [2.75, 3.05) is 12.9 Å². The predicted octanol–water partition coefficient (Wildman–Crippen LogP) is 4.73. The average molecular weight is 358 g/mol. The summed E-state index contributed by atoms with van der Waals surface area (Å²) in [6.45, 7) is 1.87. The Morgan fingerprint density at radius 3 is 2.96 bits per heavy atom. The summed E-state index contributed by atoms with van der Waals surface area (Å²) in [5.41, 5.74) is 0.746. The SMILES string of the molecule is COc1ccc(C(C)NC(=O)CCCCC2CCSS2)cc1F. The lowest BCUT2D eigenvalue weighted by atomic mass is 10.1. The summed E-state index contributed by atoms with van der Waals surface area (Å²) in [7, 11) is 5.37. The molecule has 1 aliphatic rings. The second-order valence-electron chi connectivity index (χ2n) is 5.76. The Morgan fingerprint density at radius 2 is 2.30 bits per heavy atom. The lowest BCUT2D eigenvalue weighted by Crippen LogP contribution is -2.26. The Balaban J connectivity index is 1.70. The molecular formula is C17H24FNO2S2. The summed E-state index contributed by atoms with van der Waals surface area (Å²) < 4.78 is 18.6. The van der Waals surface area contributed by atoms with E-state index in [0.29, 0.717) is 6.42 Å². The molecule has 3 nitrogen and oxygen atoms in total. The lowest BCUT2D eigenvalue weighted by molar-refractivity contribution is -0.121. The highest BCUT2D eigenvalue weighted by atomic mass is 33.1. The molecule has 1 amide bonds. The van der Waals surface area contributed by atoms with Gasteiger partial charge in [-0.3, -0.25) is 4.79 Å². The number of carbonyl (C=O) groups is 1. The third-order valence-electron chi connectivity index (χ3n) is 3.96. The van der Waals surface area contributed by atoms with E-state index in [1.165, 1.54) is 31.8 Å². The van der Waals surface area contributed by atoms with Crippen molar-refractivity contribution in [3.05, 3.63) is 29.6 Å². The van der Waals surface area contributed by atoms with Crippen LogP contribution in [0.15, 0.2) is 18.2 Å². The number of nitrogens with one attached hydrogen (secondary N) is 1. The highest BCUT2D eigenvalue weighted by Gasteiger charge is 2.16. The third-order valence-corrected chi connectivity index (χ3v) is 6.97. The first-order chi connectivity index (χ1) is 11.1. The Morgan fingerprint density at radius 1 is 1.48 bits per heavy atom. The lowest BCUT2D eigenvalue weighted by Gasteiger charge is -2.15. The van der Waals surface area contributed by atoms with Gasteiger partial charge in [-0.1, -0.05) is 34.1 Å². The number of benzene rings is 1. The van der Waals surface area contributed by atoms with E-state index in [-0.39, 0.29) is 17.7 Å². The van der Waals surface area contributed by atoms with Crippen LogP contribution in [-0.2, 0) is 4.79 Å². The van der Waals surface area contributed by atoms with Gasteiger partial charge >= 0.3 is 0 Å². The zero-order valence-electron chi connectivity index (χ0n) is 13.6. The van der Waals surface area contributed by atoms with Gasteiger partial charge in [0.15, 0.2) is 11.6 Å². The number of hydrogen-bond acceptors (Lipinski definition) is 4. The Bertz CT molecular complexity index is 521. The van der Waals surface area contributed by atoms with E-state index in [1.807, 2.05) is 28.5 Å². The first-order valence-corrected chi connectivity index (χ1v) is 10.4. The standard InChI is InChI=1S/C17H24FNO2S2/c1-12(13-7-8-16(21-2)15(18)11-13)19-17(20)6-4-3-5-14-9-10-22-23-14/h7-8,11-12,14H,3-6,9-10H2,1-2H3,(H,19,20). The van der Waals surface area contributed by atoms with Gasteiger partial charge in [0.25, 0.3) is 0 Å². The summed E-state index contributed by atoms with van der Waals surface area (Å²) in [5.74, 6) is 1.10. The fraction of sp³-hybridized carbons (Fsp3) is 0.588. The van der Waals surface area contributed by atoms with Gasteiger partial charge < -0.3 is 10.1 Å². The van der Waals surface area contributed by atoms with E-state index in [9.17, 15) is 9.18 Å². The fourth-order valence-electron chi connectivity index (χ4n) is 2.57. The van der Waals surface area contributed by atoms with Crippen molar-refractivity contribution < 1.29 is 13.9 Å². The third kappa shape index (κ3) is 5.92. The van der Waals surface area contributed by atoms with Crippen molar-refractivity contribution >= 4 is 27.5 Å². The molecule has 1 N–H and O–H groups in total. The maximum Gasteiger partial charge on any atom is 0.220 e. The van der Waals surface area contributed by atoms with Crippen molar-refractivity contribution in [1.29, 1.82) is 0 Å². The molecule has 1 heterocycles. The molecule has 0 bridgehead atoms. The van der Waals surface area contributed by atoms with Crippen LogP contribution in [-0.4, -0.2) is 24.0 Å². The van der Waals surface area contributed by atoms with Crippen molar-refractivity contribution in [2.24, 2.45) is 0 Å². The number of amides is 1. The molecule has 2 atom stereocenters. The van der Waals surface area contributed by atoms with Crippen molar-refractivity contribution in [3.8, 4) is 5.75 Å². The molecule has 0 aromatic heterocycles. The Labute approximate surface area is 145 Å². The number of hydrogen-bond donors (Lipinski definition) is 1. The molecule has 1 aromatic carbocycles. The minimum absolute atomic E-state index is 0.0298. The molecular weight excluding hydrogens is 333 g/mol. The number of rotatable bonds is 8. The van der Waals surface area contributed by atoms with Gasteiger partial charge in [-0.15, -0.1) is 0 Å². The highest BCUT2D eigenvalue weighted by Crippen LogP contribution is 2.39. The first kappa shape index (κ1) is 18.5. The summed E-state index contributed by atoms with van der Waals surface area (Å²) in [6.07, 6.45) is 5.04. The minimum atomic E-state index is -0.405. The molecule has 6 heteroatoms. The van der Waals surface area contributed by atoms with E-state index in [4.69, 9.17) is 4.74 Å². The van der Waals surface area contributed by atoms with Gasteiger partial charge in [0, 0.05) is 17.4 Å². The van der Waals surface area contributed by atoms with Crippen molar-refractivity contribution in [2.45, 2.75) is 50.3 Å². The van der Waals surface area contributed by atoms with Crippen molar-refractivity contribution in [1.82, 2.24) is 5.32 Å². The summed E-state index contributed by atoms with van der Waals surface area (Å²) >= 11 is 0. The fourth-order valence-corrected chi connectivity index (χ4v) is 5.60. The topological polar surface area (TPSA) is 38.3 Å². The number of halogens is 1. The van der Waals surface area contributed by atoms with Crippen LogP contribution in [0.3, 0.4) is 0 Å². The number of ether oxygens (including phenoxy) is 1. The molecule has 0 saturated carbocycles. The zero-order chi connectivity index (χ0) is 16.7. The monoisotopic (exact) mass is 357 g/mol. The molecule has 1 aromatic rings. The van der Waals surface area contributed by atoms with Crippen LogP contribution in [0.25, 0.3) is 0 Å². The van der Waals surface area contributed by atoms with Crippen LogP contribution in [0.5, 0.6) is 5.75 Å². The average Bonchev–Trinajstić information content (AvgIpc) is 3.04. The van der Waals surface area contributed by atoms with Crippen LogP contribution in [0, 0.1) is 5.82 Å². The van der Waals surface area contributed by atoms with Gasteiger partial charge in [-0.25, -0.2) is 4.39 Å². The molecule has 128 valence electrons. The molecule has 1 fully saturated rings. The number of unbranched alkanes of at least 4 members (excludes halogenated alkanes) is 1. The minimum Gasteiger partial charge on any atom is -0.494 e. The maximum atomic E-state index is 13.7. The molecule has 2 unspecified atom stereocenters. The first-order valence-electron chi connectivity index (χ1n) is 8.01. The van der Waals surface area contributed by atoms with Crippen molar-refractivity contribution in [3.63, 3.8) is 0 Å². The smallest absolute Gasteiger partial charge is 0.220 e. The zero-order valence-corrected chi connectivity index (χ0v) is 15.3. The van der Waals surface area contributed by atoms with E-state index in [2.05, 4.69) is 5.32 Å². The van der Waals surface area contributed by atoms with Crippen LogP contribution in [0.1, 0.15) is 50.6 Å². The molecule has 1 aliphatic heterocycles. The van der Waals surface area contributed by atoms with E-state index in [0.717, 1.165) is 23.7 Å². The summed E-state index contributed by atoms with van der Waals surface area (Å²) in [5, 5.41) is 3.70. The van der Waals surface area contributed by atoms with Crippen LogP contribution >= 0.6 is 21.6 Å². The quantitative estimate of drug-likeness (QED) is 0.539. The Hall–Kier alpha value is -0.880. The Kier molecular flexibility index (Phi) is 7.56. The van der Waals surface area contributed by atoms with E-state index < -0.39 is 5.82 Å². The maximum absolute atomic E-state index is 13.7. The van der Waals surface area contributed by atoms with E-state index in [1.54, 1.807) is 12.1 Å². The second-order valence-corrected chi connectivity index (χ2v) is 8.55. The molecule has 0 spiro atoms. The van der Waals surface area contributed by atoms with Gasteiger partial charge in [-0.05, 0) is 43.9 Å². The molecule has 23 heavy (non-hydrogen) atoms. The molecule has 1 saturated heterocycles. The van der Waals surface area contributed by atoms with Crippen LogP contribution in [0.2, 0.25) is 0 Å². The van der Waals surface area contributed by atoms with Gasteiger partial charge in [0.2, 0.25) is 5.91 Å². The largest absolute Gasteiger partial charge is 0.494 e. The van der Waals surface area contributed by atoms with Crippen LogP contribution < -0.4 is 10.1 Å². The number of methoxy groups -OCH3 is 1. The number of carbonyl (C=O) groups excluding carboxylic acids is 1. The molecule has 0 radical (unpaired) electrons. The normalized spacial score (nSPS) is 18.7. The van der Waals surface area contributed by atoms with Crippen LogP contribution in [0.4, 0.5) is 4.39 Å². The second kappa shape index (κ2) is 9.42. The van der Waals surface area contributed by atoms with Gasteiger partial charge in [0.1, 0.15) is 0 Å². The summed E-state index contributed by atoms with van der Waals surface area (Å²) in [4.78, 5) is 12.0. The summed E-state index contributed by atoms with van der Waals surface area (Å²) in [6, 6.07) is 4.58. The predicted molar refractivity (Wildman–Crippen MR) is 96.4 cm³/mol. The van der Waals surface area contributed by atoms with E-state index >= 15 is 0 Å². The molecule has 0 aliphatic carbocycles.